The van der Waals surface area contributed by atoms with Crippen LogP contribution < -0.4 is 15.4 Å². The lowest BCUT2D eigenvalue weighted by molar-refractivity contribution is 0.0501. The molecular weight excluding hydrogens is 492 g/mol. The summed E-state index contributed by atoms with van der Waals surface area (Å²) in [6.45, 7) is 8.63. The Morgan fingerprint density at radius 2 is 1.87 bits per heavy atom. The second-order valence-electron chi connectivity index (χ2n) is 11.3. The Kier molecular flexibility index (Phi) is 9.78. The fourth-order valence-electron chi connectivity index (χ4n) is 5.08. The average molecular weight is 535 g/mol. The smallest absolute Gasteiger partial charge is 0.407 e. The van der Waals surface area contributed by atoms with E-state index in [1.165, 1.54) is 5.56 Å². The minimum atomic E-state index is -0.611. The third kappa shape index (κ3) is 8.65. The lowest BCUT2D eigenvalue weighted by Gasteiger charge is -2.34. The summed E-state index contributed by atoms with van der Waals surface area (Å²) in [5.41, 5.74) is 2.35. The van der Waals surface area contributed by atoms with Crippen LogP contribution in [0.25, 0.3) is 10.9 Å². The molecule has 0 radical (unpaired) electrons. The van der Waals surface area contributed by atoms with E-state index in [2.05, 4.69) is 32.7 Å². The van der Waals surface area contributed by atoms with Crippen molar-refractivity contribution in [1.29, 1.82) is 0 Å². The molecule has 0 unspecified atom stereocenters. The normalized spacial score (nSPS) is 16.5. The van der Waals surface area contributed by atoms with Crippen molar-refractivity contribution >= 4 is 17.0 Å². The number of aliphatic hydroxyl groups excluding tert-OH is 1. The first-order valence-electron chi connectivity index (χ1n) is 13.8. The van der Waals surface area contributed by atoms with E-state index < -0.39 is 17.8 Å². The van der Waals surface area contributed by atoms with Crippen LogP contribution in [0.5, 0.6) is 5.75 Å². The number of aliphatic hydroxyl groups is 1. The molecule has 2 heterocycles. The average Bonchev–Trinajstić information content (AvgIpc) is 2.91. The van der Waals surface area contributed by atoms with Gasteiger partial charge in [0.05, 0.1) is 18.7 Å². The van der Waals surface area contributed by atoms with E-state index >= 15 is 0 Å². The molecule has 1 aliphatic heterocycles. The van der Waals surface area contributed by atoms with Crippen molar-refractivity contribution in [1.82, 2.24) is 20.5 Å². The Morgan fingerprint density at radius 1 is 1.13 bits per heavy atom. The second kappa shape index (κ2) is 13.2. The van der Waals surface area contributed by atoms with Gasteiger partial charge in [-0.15, -0.1) is 0 Å². The van der Waals surface area contributed by atoms with E-state index in [0.29, 0.717) is 19.1 Å². The van der Waals surface area contributed by atoms with Gasteiger partial charge in [-0.1, -0.05) is 30.3 Å². The van der Waals surface area contributed by atoms with E-state index in [1.54, 1.807) is 13.3 Å². The number of carbonyl (C=O) groups is 1. The zero-order valence-corrected chi connectivity index (χ0v) is 23.5. The third-order valence-electron chi connectivity index (χ3n) is 7.06. The number of rotatable bonds is 10. The number of hydrogen-bond acceptors (Lipinski definition) is 7. The fourth-order valence-corrected chi connectivity index (χ4v) is 5.08. The van der Waals surface area contributed by atoms with Crippen molar-refractivity contribution in [3.05, 3.63) is 71.9 Å². The number of piperidine rings is 1. The molecule has 0 saturated carbocycles. The van der Waals surface area contributed by atoms with Gasteiger partial charge in [0, 0.05) is 36.8 Å². The zero-order valence-electron chi connectivity index (χ0n) is 23.5. The lowest BCUT2D eigenvalue weighted by atomic mass is 10.0. The molecule has 1 saturated heterocycles. The number of nitrogens with zero attached hydrogens (tertiary/aromatic N) is 2. The Labute approximate surface area is 231 Å². The maximum Gasteiger partial charge on any atom is 0.407 e. The second-order valence-corrected chi connectivity index (χ2v) is 11.3. The molecule has 1 fully saturated rings. The molecule has 0 aliphatic carbocycles. The zero-order chi connectivity index (χ0) is 27.8. The summed E-state index contributed by atoms with van der Waals surface area (Å²) in [5, 5.41) is 18.7. The number of ether oxygens (including phenoxy) is 2. The van der Waals surface area contributed by atoms with Crippen LogP contribution in [0.2, 0.25) is 0 Å². The van der Waals surface area contributed by atoms with Crippen molar-refractivity contribution in [3.8, 4) is 5.75 Å². The van der Waals surface area contributed by atoms with E-state index in [-0.39, 0.29) is 6.04 Å². The SMILES string of the molecule is COc1ccc2nccc([C@@H](O)CN3CCC(NC[C@H](Cc4ccccc4)NC(=O)OC(C)(C)C)CC3)c2c1. The van der Waals surface area contributed by atoms with Gasteiger partial charge in [0.1, 0.15) is 11.4 Å². The topological polar surface area (TPSA) is 96.0 Å². The number of fused-ring (bicyclic) bond motifs is 1. The van der Waals surface area contributed by atoms with E-state index in [4.69, 9.17) is 9.47 Å². The molecule has 8 nitrogen and oxygen atoms in total. The highest BCUT2D eigenvalue weighted by Crippen LogP contribution is 2.27. The monoisotopic (exact) mass is 534 g/mol. The predicted molar refractivity (Wildman–Crippen MR) is 154 cm³/mol. The summed E-state index contributed by atoms with van der Waals surface area (Å²) in [6, 6.07) is 18.1. The predicted octanol–water partition coefficient (Wildman–Crippen LogP) is 4.47. The molecule has 3 N–H and O–H groups in total. The van der Waals surface area contributed by atoms with Gasteiger partial charge >= 0.3 is 6.09 Å². The lowest BCUT2D eigenvalue weighted by Crippen LogP contribution is -2.50. The quantitative estimate of drug-likeness (QED) is 0.353. The van der Waals surface area contributed by atoms with Crippen molar-refractivity contribution in [2.45, 2.75) is 63.8 Å². The number of benzene rings is 2. The molecule has 0 spiro atoms. The molecule has 1 aromatic heterocycles. The first-order valence-corrected chi connectivity index (χ1v) is 13.8. The van der Waals surface area contributed by atoms with Crippen molar-refractivity contribution in [2.75, 3.05) is 33.3 Å². The molecule has 2 atom stereocenters. The Morgan fingerprint density at radius 3 is 2.56 bits per heavy atom. The number of likely N-dealkylation sites (tertiary alicyclic amines) is 1. The Balaban J connectivity index is 1.29. The van der Waals surface area contributed by atoms with E-state index in [0.717, 1.165) is 54.6 Å². The Hall–Kier alpha value is -3.20. The molecule has 3 aromatic rings. The number of hydrogen-bond donors (Lipinski definition) is 3. The van der Waals surface area contributed by atoms with Gasteiger partial charge in [0.2, 0.25) is 0 Å². The van der Waals surface area contributed by atoms with Crippen LogP contribution in [-0.2, 0) is 11.2 Å². The fraction of sp³-hybridized carbons (Fsp3) is 0.484. The number of nitrogens with one attached hydrogen (secondary N) is 2. The Bertz CT molecular complexity index is 1210. The van der Waals surface area contributed by atoms with Crippen molar-refractivity contribution in [3.63, 3.8) is 0 Å². The molecule has 1 amide bonds. The highest BCUT2D eigenvalue weighted by Gasteiger charge is 2.24. The van der Waals surface area contributed by atoms with E-state index in [9.17, 15) is 9.90 Å². The number of amides is 1. The van der Waals surface area contributed by atoms with Crippen LogP contribution in [0, 0.1) is 0 Å². The van der Waals surface area contributed by atoms with Crippen LogP contribution in [-0.4, -0.2) is 72.1 Å². The van der Waals surface area contributed by atoms with Crippen LogP contribution in [0.1, 0.15) is 50.8 Å². The van der Waals surface area contributed by atoms with Crippen molar-refractivity contribution < 1.29 is 19.4 Å². The highest BCUT2D eigenvalue weighted by atomic mass is 16.6. The van der Waals surface area contributed by atoms with Gasteiger partial charge in [-0.25, -0.2) is 4.79 Å². The molecule has 4 rings (SSSR count). The van der Waals surface area contributed by atoms with Gasteiger partial charge < -0.3 is 30.1 Å². The molecule has 0 bridgehead atoms. The number of aromatic nitrogens is 1. The first kappa shape index (κ1) is 28.8. The third-order valence-corrected chi connectivity index (χ3v) is 7.06. The van der Waals surface area contributed by atoms with E-state index in [1.807, 2.05) is 63.2 Å². The minimum Gasteiger partial charge on any atom is -0.497 e. The van der Waals surface area contributed by atoms with Crippen LogP contribution in [0.3, 0.4) is 0 Å². The molecular formula is C31H42N4O4. The van der Waals surface area contributed by atoms with Gasteiger partial charge in [0.25, 0.3) is 0 Å². The maximum absolute atomic E-state index is 12.5. The summed E-state index contributed by atoms with van der Waals surface area (Å²) in [6.07, 6.45) is 3.42. The summed E-state index contributed by atoms with van der Waals surface area (Å²) in [5.74, 6) is 0.752. The number of alkyl carbamates (subject to hydrolysis) is 1. The number of carbonyl (C=O) groups excluding carboxylic acids is 1. The molecule has 1 aliphatic rings. The maximum atomic E-state index is 12.5. The molecule has 2 aromatic carbocycles. The van der Waals surface area contributed by atoms with Crippen LogP contribution >= 0.6 is 0 Å². The minimum absolute atomic E-state index is 0.0842. The molecule has 210 valence electrons. The number of pyridine rings is 1. The standard InChI is InChI=1S/C31H42N4O4/c1-31(2,3)39-30(37)34-24(18-22-8-6-5-7-9-22)20-33-23-13-16-35(17-14-23)21-29(36)26-12-15-32-28-11-10-25(38-4)19-27(26)28/h5-12,15,19,23-24,29,33,36H,13-14,16-18,20-21H2,1-4H3,(H,34,37)/t24-,29-/m0/s1. The van der Waals surface area contributed by atoms with Gasteiger partial charge in [0.15, 0.2) is 0 Å². The first-order chi connectivity index (χ1) is 18.7. The number of β-amino-alcohol motifs (C(OH)–C–C–N with tert-alkyl or cyclic N) is 1. The summed E-state index contributed by atoms with van der Waals surface area (Å²) in [7, 11) is 1.64. The van der Waals surface area contributed by atoms with Gasteiger partial charge in [-0.05, 0) is 88.5 Å². The number of methoxy groups -OCH3 is 1. The summed E-state index contributed by atoms with van der Waals surface area (Å²) in [4.78, 5) is 19.2. The summed E-state index contributed by atoms with van der Waals surface area (Å²) < 4.78 is 10.9. The molecule has 39 heavy (non-hydrogen) atoms. The van der Waals surface area contributed by atoms with Crippen molar-refractivity contribution in [2.24, 2.45) is 0 Å². The highest BCUT2D eigenvalue weighted by molar-refractivity contribution is 5.83. The molecule has 8 heteroatoms. The summed E-state index contributed by atoms with van der Waals surface area (Å²) >= 11 is 0. The largest absolute Gasteiger partial charge is 0.497 e. The van der Waals surface area contributed by atoms with Crippen LogP contribution in [0.15, 0.2) is 60.8 Å². The van der Waals surface area contributed by atoms with Crippen LogP contribution in [0.4, 0.5) is 4.79 Å². The van der Waals surface area contributed by atoms with Gasteiger partial charge in [-0.2, -0.15) is 0 Å². The van der Waals surface area contributed by atoms with Gasteiger partial charge in [-0.3, -0.25) is 4.98 Å².